The third-order valence-corrected chi connectivity index (χ3v) is 5.28. The van der Waals surface area contributed by atoms with E-state index in [1.165, 1.54) is 11.3 Å². The number of hydrogen-bond donors (Lipinski definition) is 1. The third kappa shape index (κ3) is 4.42. The number of aryl methyl sites for hydroxylation is 1. The summed E-state index contributed by atoms with van der Waals surface area (Å²) >= 11 is 0. The Labute approximate surface area is 161 Å². The molecular weight excluding hydrogens is 336 g/mol. The Kier molecular flexibility index (Phi) is 5.30. The van der Waals surface area contributed by atoms with Gasteiger partial charge in [-0.3, -0.25) is 4.90 Å². The molecule has 1 saturated heterocycles. The van der Waals surface area contributed by atoms with E-state index in [0.29, 0.717) is 12.1 Å². The first-order chi connectivity index (χ1) is 13.2. The molecule has 1 unspecified atom stereocenters. The van der Waals surface area contributed by atoms with Gasteiger partial charge in [0.1, 0.15) is 5.52 Å². The summed E-state index contributed by atoms with van der Waals surface area (Å²) in [6.45, 7) is 9.86. The average molecular weight is 364 g/mol. The molecule has 2 heterocycles. The zero-order valence-corrected chi connectivity index (χ0v) is 16.2. The predicted molar refractivity (Wildman–Crippen MR) is 112 cm³/mol. The summed E-state index contributed by atoms with van der Waals surface area (Å²) in [4.78, 5) is 9.54. The fraction of sp³-hybridized carbons (Fsp3) is 0.409. The van der Waals surface area contributed by atoms with E-state index in [1.807, 2.05) is 24.3 Å². The quantitative estimate of drug-likeness (QED) is 0.712. The van der Waals surface area contributed by atoms with Crippen molar-refractivity contribution in [1.82, 2.24) is 9.88 Å². The number of benzene rings is 2. The van der Waals surface area contributed by atoms with Crippen molar-refractivity contribution in [3.63, 3.8) is 0 Å². The monoisotopic (exact) mass is 364 g/mol. The molecular formula is C22H28N4O. The molecule has 1 atom stereocenters. The molecule has 3 aromatic rings. The van der Waals surface area contributed by atoms with Crippen LogP contribution in [0.15, 0.2) is 52.9 Å². The highest BCUT2D eigenvalue weighted by molar-refractivity contribution is 5.74. The minimum Gasteiger partial charge on any atom is -0.424 e. The zero-order chi connectivity index (χ0) is 18.6. The van der Waals surface area contributed by atoms with Crippen molar-refractivity contribution >= 4 is 22.8 Å². The highest BCUT2D eigenvalue weighted by Gasteiger charge is 2.18. The number of hydrogen-bond acceptors (Lipinski definition) is 5. The van der Waals surface area contributed by atoms with Crippen molar-refractivity contribution in [2.75, 3.05) is 42.9 Å². The van der Waals surface area contributed by atoms with Gasteiger partial charge in [-0.05, 0) is 50.1 Å². The molecule has 27 heavy (non-hydrogen) atoms. The normalized spacial score (nSPS) is 16.6. The Morgan fingerprint density at radius 1 is 1.07 bits per heavy atom. The maximum atomic E-state index is 5.76. The molecule has 0 saturated carbocycles. The average Bonchev–Trinajstić information content (AvgIpc) is 3.09. The maximum Gasteiger partial charge on any atom is 0.295 e. The number of para-hydroxylation sites is 2. The van der Waals surface area contributed by atoms with Gasteiger partial charge in [-0.25, -0.2) is 0 Å². The summed E-state index contributed by atoms with van der Waals surface area (Å²) in [6, 6.07) is 17.6. The lowest BCUT2D eigenvalue weighted by Gasteiger charge is -2.36. The summed E-state index contributed by atoms with van der Waals surface area (Å²) in [5, 5.41) is 3.40. The van der Waals surface area contributed by atoms with Crippen LogP contribution in [0.3, 0.4) is 0 Å². The van der Waals surface area contributed by atoms with Gasteiger partial charge in [0.2, 0.25) is 0 Å². The molecule has 1 aliphatic rings. The zero-order valence-electron chi connectivity index (χ0n) is 16.2. The highest BCUT2D eigenvalue weighted by atomic mass is 16.4. The Morgan fingerprint density at radius 2 is 1.89 bits per heavy atom. The summed E-state index contributed by atoms with van der Waals surface area (Å²) in [5.41, 5.74) is 4.41. The minimum absolute atomic E-state index is 0.327. The van der Waals surface area contributed by atoms with Gasteiger partial charge in [-0.1, -0.05) is 24.3 Å². The molecule has 1 N–H and O–H groups in total. The number of fused-ring (bicyclic) bond motifs is 1. The Hall–Kier alpha value is -2.53. The first kappa shape index (κ1) is 17.9. The summed E-state index contributed by atoms with van der Waals surface area (Å²) in [7, 11) is 0. The third-order valence-electron chi connectivity index (χ3n) is 5.28. The second-order valence-electron chi connectivity index (χ2n) is 7.49. The molecule has 0 bridgehead atoms. The molecule has 1 aliphatic heterocycles. The van der Waals surface area contributed by atoms with E-state index >= 15 is 0 Å². The van der Waals surface area contributed by atoms with Gasteiger partial charge in [-0.2, -0.15) is 4.98 Å². The summed E-state index contributed by atoms with van der Waals surface area (Å²) in [6.07, 6.45) is 1.07. The second kappa shape index (κ2) is 8.01. The van der Waals surface area contributed by atoms with E-state index in [2.05, 4.69) is 58.2 Å². The molecule has 142 valence electrons. The van der Waals surface area contributed by atoms with Gasteiger partial charge >= 0.3 is 0 Å². The van der Waals surface area contributed by atoms with Crippen LogP contribution in [0.1, 0.15) is 18.9 Å². The SMILES string of the molecule is Cc1cccc(N2CCN(CCC(C)Nc3nc4ccccc4o3)CC2)c1. The van der Waals surface area contributed by atoms with Crippen LogP contribution >= 0.6 is 0 Å². The van der Waals surface area contributed by atoms with Crippen LogP contribution in [0.4, 0.5) is 11.7 Å². The van der Waals surface area contributed by atoms with Crippen molar-refractivity contribution in [3.8, 4) is 0 Å². The van der Waals surface area contributed by atoms with Crippen molar-refractivity contribution in [2.24, 2.45) is 0 Å². The van der Waals surface area contributed by atoms with Gasteiger partial charge in [0.25, 0.3) is 6.01 Å². The first-order valence-corrected chi connectivity index (χ1v) is 9.83. The molecule has 1 fully saturated rings. The molecule has 5 nitrogen and oxygen atoms in total. The molecule has 0 aliphatic carbocycles. The second-order valence-corrected chi connectivity index (χ2v) is 7.49. The van der Waals surface area contributed by atoms with E-state index in [0.717, 1.165) is 50.2 Å². The van der Waals surface area contributed by atoms with Gasteiger partial charge in [0.05, 0.1) is 0 Å². The Balaban J connectivity index is 1.23. The van der Waals surface area contributed by atoms with E-state index in [-0.39, 0.29) is 0 Å². The fourth-order valence-corrected chi connectivity index (χ4v) is 3.65. The van der Waals surface area contributed by atoms with Crippen LogP contribution in [0.2, 0.25) is 0 Å². The van der Waals surface area contributed by atoms with Crippen LogP contribution in [0.5, 0.6) is 0 Å². The molecule has 2 aromatic carbocycles. The van der Waals surface area contributed by atoms with Gasteiger partial charge in [-0.15, -0.1) is 0 Å². The fourth-order valence-electron chi connectivity index (χ4n) is 3.65. The van der Waals surface area contributed by atoms with E-state index < -0.39 is 0 Å². The molecule has 4 rings (SSSR count). The smallest absolute Gasteiger partial charge is 0.295 e. The molecule has 1 aromatic heterocycles. The number of piperazine rings is 1. The van der Waals surface area contributed by atoms with Crippen molar-refractivity contribution in [1.29, 1.82) is 0 Å². The van der Waals surface area contributed by atoms with Crippen LogP contribution < -0.4 is 10.2 Å². The Bertz CT molecular complexity index is 850. The molecule has 0 spiro atoms. The minimum atomic E-state index is 0.327. The van der Waals surface area contributed by atoms with Crippen LogP contribution in [-0.2, 0) is 0 Å². The maximum absolute atomic E-state index is 5.76. The first-order valence-electron chi connectivity index (χ1n) is 9.83. The lowest BCUT2D eigenvalue weighted by atomic mass is 10.1. The van der Waals surface area contributed by atoms with E-state index in [9.17, 15) is 0 Å². The predicted octanol–water partition coefficient (Wildman–Crippen LogP) is 4.15. The number of anilines is 2. The van der Waals surface area contributed by atoms with Gasteiger partial charge in [0, 0.05) is 44.5 Å². The topological polar surface area (TPSA) is 44.5 Å². The lowest BCUT2D eigenvalue weighted by Crippen LogP contribution is -2.47. The van der Waals surface area contributed by atoms with Crippen molar-refractivity contribution in [2.45, 2.75) is 26.3 Å². The largest absolute Gasteiger partial charge is 0.424 e. The summed E-state index contributed by atoms with van der Waals surface area (Å²) < 4.78 is 5.76. The number of rotatable bonds is 6. The lowest BCUT2D eigenvalue weighted by molar-refractivity contribution is 0.251. The number of oxazole rings is 1. The standard InChI is InChI=1S/C22H28N4O/c1-17-6-5-7-19(16-17)26-14-12-25(13-15-26)11-10-18(2)23-22-24-20-8-3-4-9-21(20)27-22/h3-9,16,18H,10-15H2,1-2H3,(H,23,24). The number of nitrogens with zero attached hydrogens (tertiary/aromatic N) is 3. The van der Waals surface area contributed by atoms with Crippen LogP contribution in [0, 0.1) is 6.92 Å². The van der Waals surface area contributed by atoms with Crippen LogP contribution in [0.25, 0.3) is 11.1 Å². The molecule has 0 amide bonds. The Morgan fingerprint density at radius 3 is 2.67 bits per heavy atom. The number of nitrogens with one attached hydrogen (secondary N) is 1. The highest BCUT2D eigenvalue weighted by Crippen LogP contribution is 2.20. The molecule has 0 radical (unpaired) electrons. The number of aromatic nitrogens is 1. The van der Waals surface area contributed by atoms with Gasteiger partial charge in [0.15, 0.2) is 5.58 Å². The van der Waals surface area contributed by atoms with E-state index in [1.54, 1.807) is 0 Å². The van der Waals surface area contributed by atoms with Crippen LogP contribution in [-0.4, -0.2) is 48.6 Å². The van der Waals surface area contributed by atoms with E-state index in [4.69, 9.17) is 4.42 Å². The van der Waals surface area contributed by atoms with Gasteiger partial charge < -0.3 is 14.6 Å². The molecule has 5 heteroatoms. The summed E-state index contributed by atoms with van der Waals surface area (Å²) in [5.74, 6) is 0. The van der Waals surface area contributed by atoms with Crippen molar-refractivity contribution < 1.29 is 4.42 Å². The van der Waals surface area contributed by atoms with Crippen molar-refractivity contribution in [3.05, 3.63) is 54.1 Å².